The zero-order valence-electron chi connectivity index (χ0n) is 11.7. The Labute approximate surface area is 115 Å². The molecule has 0 aliphatic rings. The third-order valence-electron chi connectivity index (χ3n) is 3.12. The van der Waals surface area contributed by atoms with Crippen molar-refractivity contribution in [1.29, 1.82) is 0 Å². The number of carbonyl (C=O) groups excluding carboxylic acids is 1. The second-order valence-electron chi connectivity index (χ2n) is 4.74. The van der Waals surface area contributed by atoms with E-state index >= 15 is 0 Å². The van der Waals surface area contributed by atoms with Gasteiger partial charge in [0.1, 0.15) is 0 Å². The van der Waals surface area contributed by atoms with Crippen molar-refractivity contribution < 1.29 is 4.79 Å². The zero-order valence-corrected chi connectivity index (χ0v) is 11.7. The van der Waals surface area contributed by atoms with Gasteiger partial charge in [-0.3, -0.25) is 14.6 Å². The number of nitrogens with one attached hydrogen (secondary N) is 1. The molecule has 0 saturated carbocycles. The predicted octanol–water partition coefficient (Wildman–Crippen LogP) is 0.299. The third-order valence-corrected chi connectivity index (χ3v) is 3.12. The fourth-order valence-electron chi connectivity index (χ4n) is 2.15. The Morgan fingerprint density at radius 1 is 1.40 bits per heavy atom. The van der Waals surface area contributed by atoms with Crippen LogP contribution in [0.2, 0.25) is 0 Å². The number of amides is 1. The van der Waals surface area contributed by atoms with Crippen molar-refractivity contribution in [2.24, 2.45) is 5.73 Å². The van der Waals surface area contributed by atoms with E-state index in [1.54, 1.807) is 11.6 Å². The van der Waals surface area contributed by atoms with Crippen LogP contribution in [0.5, 0.6) is 0 Å². The molecule has 2 rings (SSSR count). The Bertz CT molecular complexity index is 714. The van der Waals surface area contributed by atoms with Crippen LogP contribution in [-0.2, 0) is 11.2 Å². The molecule has 20 heavy (non-hydrogen) atoms. The molecule has 106 valence electrons. The minimum absolute atomic E-state index is 0.223. The maximum absolute atomic E-state index is 11.5. The molecule has 0 atom stereocenters. The molecular weight excluding hydrogens is 258 g/mol. The first-order chi connectivity index (χ1) is 9.38. The van der Waals surface area contributed by atoms with Gasteiger partial charge in [0.2, 0.25) is 11.9 Å². The van der Waals surface area contributed by atoms with E-state index < -0.39 is 0 Å². The lowest BCUT2D eigenvalue weighted by atomic mass is 10.1. The lowest BCUT2D eigenvalue weighted by molar-refractivity contribution is -0.117. The molecule has 1 amide bonds. The molecule has 0 saturated heterocycles. The summed E-state index contributed by atoms with van der Waals surface area (Å²) >= 11 is 0. The van der Waals surface area contributed by atoms with Crippen LogP contribution >= 0.6 is 0 Å². The number of aryl methyl sites for hydroxylation is 2. The standard InChI is InChI=1S/C13H17N5O2/c1-7-6-12(20)16-13(15-7)18-9(3)10(8(2)17-18)4-5-11(14)19/h6H,4-5H2,1-3H3,(H2,14,19)(H,15,16,20). The highest BCUT2D eigenvalue weighted by atomic mass is 16.1. The molecule has 2 aromatic rings. The van der Waals surface area contributed by atoms with E-state index in [4.69, 9.17) is 5.73 Å². The highest BCUT2D eigenvalue weighted by Gasteiger charge is 2.14. The van der Waals surface area contributed by atoms with Crippen molar-refractivity contribution >= 4 is 5.91 Å². The van der Waals surface area contributed by atoms with Crippen LogP contribution < -0.4 is 11.3 Å². The number of H-pyrrole nitrogens is 1. The number of primary amides is 1. The van der Waals surface area contributed by atoms with Crippen LogP contribution in [0.4, 0.5) is 0 Å². The van der Waals surface area contributed by atoms with Gasteiger partial charge in [-0.15, -0.1) is 0 Å². The van der Waals surface area contributed by atoms with Crippen LogP contribution in [-0.4, -0.2) is 25.7 Å². The van der Waals surface area contributed by atoms with Crippen LogP contribution in [0, 0.1) is 20.8 Å². The Morgan fingerprint density at radius 2 is 2.10 bits per heavy atom. The normalized spacial score (nSPS) is 10.8. The molecule has 0 spiro atoms. The molecule has 3 N–H and O–H groups in total. The van der Waals surface area contributed by atoms with Gasteiger partial charge in [-0.25, -0.2) is 9.67 Å². The summed E-state index contributed by atoms with van der Waals surface area (Å²) in [6, 6.07) is 1.42. The number of carbonyl (C=O) groups is 1. The zero-order chi connectivity index (χ0) is 14.9. The fraction of sp³-hybridized carbons (Fsp3) is 0.385. The largest absolute Gasteiger partial charge is 0.370 e. The maximum Gasteiger partial charge on any atom is 0.252 e. The highest BCUT2D eigenvalue weighted by molar-refractivity contribution is 5.74. The Morgan fingerprint density at radius 3 is 2.70 bits per heavy atom. The second-order valence-corrected chi connectivity index (χ2v) is 4.74. The van der Waals surface area contributed by atoms with Crippen LogP contribution in [0.3, 0.4) is 0 Å². The SMILES string of the molecule is Cc1cc(=O)[nH]c(-n2nc(C)c(CCC(N)=O)c2C)n1. The van der Waals surface area contributed by atoms with E-state index in [-0.39, 0.29) is 17.9 Å². The average molecular weight is 275 g/mol. The van der Waals surface area contributed by atoms with E-state index in [9.17, 15) is 9.59 Å². The highest BCUT2D eigenvalue weighted by Crippen LogP contribution is 2.17. The number of nitrogens with zero attached hydrogens (tertiary/aromatic N) is 3. The van der Waals surface area contributed by atoms with Crippen LogP contribution in [0.1, 0.15) is 29.1 Å². The van der Waals surface area contributed by atoms with E-state index in [2.05, 4.69) is 15.1 Å². The summed E-state index contributed by atoms with van der Waals surface area (Å²) < 4.78 is 1.58. The van der Waals surface area contributed by atoms with E-state index in [0.717, 1.165) is 17.0 Å². The molecule has 7 nitrogen and oxygen atoms in total. The average Bonchev–Trinajstić information content (AvgIpc) is 2.61. The van der Waals surface area contributed by atoms with Gasteiger partial charge in [-0.1, -0.05) is 0 Å². The Balaban J connectivity index is 2.45. The number of aromatic amines is 1. The number of hydrogen-bond donors (Lipinski definition) is 2. The Hall–Kier alpha value is -2.44. The summed E-state index contributed by atoms with van der Waals surface area (Å²) in [6.45, 7) is 5.48. The van der Waals surface area contributed by atoms with Gasteiger partial charge in [0.25, 0.3) is 5.56 Å². The molecule has 0 aliphatic carbocycles. The smallest absolute Gasteiger partial charge is 0.252 e. The molecule has 0 aliphatic heterocycles. The first kappa shape index (κ1) is 14.0. The van der Waals surface area contributed by atoms with Gasteiger partial charge in [0, 0.05) is 23.9 Å². The van der Waals surface area contributed by atoms with Crippen LogP contribution in [0.25, 0.3) is 5.95 Å². The van der Waals surface area contributed by atoms with Crippen molar-refractivity contribution in [2.45, 2.75) is 33.6 Å². The third kappa shape index (κ3) is 2.76. The molecule has 7 heteroatoms. The lowest BCUT2D eigenvalue weighted by Crippen LogP contribution is -2.15. The molecule has 0 radical (unpaired) electrons. The molecule has 0 fully saturated rings. The first-order valence-corrected chi connectivity index (χ1v) is 6.30. The van der Waals surface area contributed by atoms with Gasteiger partial charge in [0.05, 0.1) is 5.69 Å². The topological polar surface area (TPSA) is 107 Å². The van der Waals surface area contributed by atoms with Crippen molar-refractivity contribution in [3.05, 3.63) is 39.1 Å². The fourth-order valence-corrected chi connectivity index (χ4v) is 2.15. The minimum Gasteiger partial charge on any atom is -0.370 e. The number of hydrogen-bond acceptors (Lipinski definition) is 4. The molecule has 0 bridgehead atoms. The van der Waals surface area contributed by atoms with Gasteiger partial charge in [-0.05, 0) is 32.8 Å². The lowest BCUT2D eigenvalue weighted by Gasteiger charge is -2.04. The predicted molar refractivity (Wildman–Crippen MR) is 73.7 cm³/mol. The summed E-state index contributed by atoms with van der Waals surface area (Å²) in [7, 11) is 0. The van der Waals surface area contributed by atoms with Gasteiger partial charge in [-0.2, -0.15) is 5.10 Å². The van der Waals surface area contributed by atoms with Gasteiger partial charge in [0.15, 0.2) is 0 Å². The summed E-state index contributed by atoms with van der Waals surface area (Å²) in [5.41, 5.74) is 8.16. The van der Waals surface area contributed by atoms with Crippen LogP contribution in [0.15, 0.2) is 10.9 Å². The number of rotatable bonds is 4. The van der Waals surface area contributed by atoms with Gasteiger partial charge >= 0.3 is 0 Å². The minimum atomic E-state index is -0.348. The van der Waals surface area contributed by atoms with E-state index in [1.165, 1.54) is 6.07 Å². The monoisotopic (exact) mass is 275 g/mol. The summed E-state index contributed by atoms with van der Waals surface area (Å²) in [6.07, 6.45) is 0.800. The van der Waals surface area contributed by atoms with Crippen molar-refractivity contribution in [3.63, 3.8) is 0 Å². The summed E-state index contributed by atoms with van der Waals surface area (Å²) in [5, 5.41) is 4.37. The molecule has 2 aromatic heterocycles. The quantitative estimate of drug-likeness (QED) is 0.836. The van der Waals surface area contributed by atoms with Crippen molar-refractivity contribution in [1.82, 2.24) is 19.7 Å². The molecule has 2 heterocycles. The molecule has 0 unspecified atom stereocenters. The number of nitrogens with two attached hydrogens (primary N) is 1. The first-order valence-electron chi connectivity index (χ1n) is 6.30. The van der Waals surface area contributed by atoms with Gasteiger partial charge < -0.3 is 5.73 Å². The van der Waals surface area contributed by atoms with Crippen molar-refractivity contribution in [2.75, 3.05) is 0 Å². The van der Waals surface area contributed by atoms with E-state index in [1.807, 2.05) is 13.8 Å². The second kappa shape index (κ2) is 5.28. The van der Waals surface area contributed by atoms with E-state index in [0.29, 0.717) is 18.1 Å². The molecule has 0 aromatic carbocycles. The summed E-state index contributed by atoms with van der Waals surface area (Å²) in [5.74, 6) is 0.0274. The number of aromatic nitrogens is 4. The Kier molecular flexibility index (Phi) is 3.69. The maximum atomic E-state index is 11.5. The van der Waals surface area contributed by atoms with Crippen molar-refractivity contribution in [3.8, 4) is 5.95 Å². The molecular formula is C13H17N5O2. The summed E-state index contributed by atoms with van der Waals surface area (Å²) in [4.78, 5) is 29.3.